The van der Waals surface area contributed by atoms with Gasteiger partial charge in [-0.15, -0.1) is 11.3 Å². The molecule has 0 saturated heterocycles. The zero-order valence-corrected chi connectivity index (χ0v) is 9.65. The van der Waals surface area contributed by atoms with E-state index in [2.05, 4.69) is 29.8 Å². The van der Waals surface area contributed by atoms with Gasteiger partial charge in [0.25, 0.3) is 0 Å². The molecule has 0 radical (unpaired) electrons. The van der Waals surface area contributed by atoms with Gasteiger partial charge in [-0.05, 0) is 36.2 Å². The second-order valence-corrected chi connectivity index (χ2v) is 5.41. The maximum atomic E-state index is 3.57. The van der Waals surface area contributed by atoms with E-state index in [-0.39, 0.29) is 0 Å². The molecule has 2 rings (SSSR count). The highest BCUT2D eigenvalue weighted by molar-refractivity contribution is 7.09. The predicted octanol–water partition coefficient (Wildman–Crippen LogP) is 3.27. The van der Waals surface area contributed by atoms with Gasteiger partial charge in [0.2, 0.25) is 0 Å². The van der Waals surface area contributed by atoms with Gasteiger partial charge in [0.1, 0.15) is 0 Å². The van der Waals surface area contributed by atoms with Crippen molar-refractivity contribution in [3.8, 4) is 0 Å². The molecule has 1 fully saturated rings. The molecule has 0 spiro atoms. The van der Waals surface area contributed by atoms with E-state index in [1.165, 1.54) is 30.7 Å². The number of nitrogens with one attached hydrogen (secondary N) is 1. The number of thiophene rings is 1. The summed E-state index contributed by atoms with van der Waals surface area (Å²) in [6.07, 6.45) is 4.30. The van der Waals surface area contributed by atoms with Gasteiger partial charge in [0, 0.05) is 11.4 Å². The molecule has 1 nitrogen and oxygen atoms in total. The fourth-order valence-corrected chi connectivity index (χ4v) is 2.99. The van der Waals surface area contributed by atoms with Crippen molar-refractivity contribution in [3.05, 3.63) is 22.4 Å². The van der Waals surface area contributed by atoms with Crippen LogP contribution in [0.5, 0.6) is 0 Å². The van der Waals surface area contributed by atoms with Crippen LogP contribution < -0.4 is 5.32 Å². The summed E-state index contributed by atoms with van der Waals surface area (Å²) < 4.78 is 0. The SMILES string of the molecule is CC1CCCC1CNCc1cccs1. The molecule has 1 N–H and O–H groups in total. The Morgan fingerprint density at radius 1 is 1.50 bits per heavy atom. The van der Waals surface area contributed by atoms with Gasteiger partial charge < -0.3 is 5.32 Å². The van der Waals surface area contributed by atoms with Gasteiger partial charge in [-0.2, -0.15) is 0 Å². The van der Waals surface area contributed by atoms with E-state index in [0.717, 1.165) is 18.4 Å². The molecule has 1 aliphatic carbocycles. The van der Waals surface area contributed by atoms with E-state index in [0.29, 0.717) is 0 Å². The summed E-state index contributed by atoms with van der Waals surface area (Å²) in [5.41, 5.74) is 0. The first-order valence-electron chi connectivity index (χ1n) is 5.59. The van der Waals surface area contributed by atoms with Crippen LogP contribution in [0.2, 0.25) is 0 Å². The fraction of sp³-hybridized carbons (Fsp3) is 0.667. The molecular weight excluding hydrogens is 190 g/mol. The first kappa shape index (κ1) is 10.2. The summed E-state index contributed by atoms with van der Waals surface area (Å²) in [5, 5.41) is 5.72. The lowest BCUT2D eigenvalue weighted by atomic mass is 9.98. The first-order chi connectivity index (χ1) is 6.86. The highest BCUT2D eigenvalue weighted by atomic mass is 32.1. The van der Waals surface area contributed by atoms with Crippen molar-refractivity contribution in [1.29, 1.82) is 0 Å². The number of rotatable bonds is 4. The highest BCUT2D eigenvalue weighted by Crippen LogP contribution is 2.30. The third-order valence-electron chi connectivity index (χ3n) is 3.32. The molecule has 0 aromatic carbocycles. The largest absolute Gasteiger partial charge is 0.312 e. The molecule has 0 aliphatic heterocycles. The Morgan fingerprint density at radius 2 is 2.43 bits per heavy atom. The van der Waals surface area contributed by atoms with E-state index < -0.39 is 0 Å². The quantitative estimate of drug-likeness (QED) is 0.802. The highest BCUT2D eigenvalue weighted by Gasteiger charge is 2.22. The summed E-state index contributed by atoms with van der Waals surface area (Å²) in [6, 6.07) is 4.33. The second-order valence-electron chi connectivity index (χ2n) is 4.38. The van der Waals surface area contributed by atoms with Crippen LogP contribution in [-0.2, 0) is 6.54 Å². The Kier molecular flexibility index (Phi) is 3.60. The van der Waals surface area contributed by atoms with Gasteiger partial charge >= 0.3 is 0 Å². The van der Waals surface area contributed by atoms with Gasteiger partial charge in [0.15, 0.2) is 0 Å². The summed E-state index contributed by atoms with van der Waals surface area (Å²) >= 11 is 1.84. The number of hydrogen-bond donors (Lipinski definition) is 1. The smallest absolute Gasteiger partial charge is 0.0299 e. The topological polar surface area (TPSA) is 12.0 Å². The van der Waals surface area contributed by atoms with Crippen LogP contribution in [0, 0.1) is 11.8 Å². The van der Waals surface area contributed by atoms with Gasteiger partial charge in [-0.25, -0.2) is 0 Å². The molecule has 0 amide bonds. The van der Waals surface area contributed by atoms with Crippen molar-refractivity contribution in [3.63, 3.8) is 0 Å². The van der Waals surface area contributed by atoms with E-state index in [1.54, 1.807) is 0 Å². The average molecular weight is 209 g/mol. The Bertz CT molecular complexity index is 255. The van der Waals surface area contributed by atoms with Gasteiger partial charge in [0.05, 0.1) is 0 Å². The lowest BCUT2D eigenvalue weighted by Crippen LogP contribution is -2.23. The van der Waals surface area contributed by atoms with E-state index in [1.807, 2.05) is 11.3 Å². The zero-order valence-electron chi connectivity index (χ0n) is 8.83. The van der Waals surface area contributed by atoms with E-state index >= 15 is 0 Å². The predicted molar refractivity (Wildman–Crippen MR) is 62.5 cm³/mol. The second kappa shape index (κ2) is 4.94. The van der Waals surface area contributed by atoms with Crippen molar-refractivity contribution in [2.24, 2.45) is 11.8 Å². The molecule has 1 aliphatic rings. The molecule has 2 unspecified atom stereocenters. The maximum Gasteiger partial charge on any atom is 0.0299 e. The lowest BCUT2D eigenvalue weighted by Gasteiger charge is -2.15. The van der Waals surface area contributed by atoms with Crippen molar-refractivity contribution < 1.29 is 0 Å². The van der Waals surface area contributed by atoms with Crippen LogP contribution in [0.25, 0.3) is 0 Å². The molecule has 1 aromatic rings. The standard InChI is InChI=1S/C12H19NS/c1-10-4-2-5-11(10)8-13-9-12-6-3-7-14-12/h3,6-7,10-11,13H,2,4-5,8-9H2,1H3. The van der Waals surface area contributed by atoms with Crippen LogP contribution in [0.4, 0.5) is 0 Å². The minimum atomic E-state index is 0.926. The van der Waals surface area contributed by atoms with Crippen LogP contribution in [0.3, 0.4) is 0 Å². The Hall–Kier alpha value is -0.340. The molecule has 1 heterocycles. The van der Waals surface area contributed by atoms with Gasteiger partial charge in [-0.1, -0.05) is 25.8 Å². The minimum absolute atomic E-state index is 0.926. The Labute approximate surface area is 90.5 Å². The van der Waals surface area contributed by atoms with Crippen LogP contribution in [0.1, 0.15) is 31.1 Å². The van der Waals surface area contributed by atoms with Gasteiger partial charge in [-0.3, -0.25) is 0 Å². The first-order valence-corrected chi connectivity index (χ1v) is 6.47. The number of hydrogen-bond acceptors (Lipinski definition) is 2. The van der Waals surface area contributed by atoms with E-state index in [4.69, 9.17) is 0 Å². The molecule has 0 bridgehead atoms. The van der Waals surface area contributed by atoms with Crippen molar-refractivity contribution >= 4 is 11.3 Å². The summed E-state index contributed by atoms with van der Waals surface area (Å²) in [6.45, 7) is 4.66. The molecule has 78 valence electrons. The summed E-state index contributed by atoms with van der Waals surface area (Å²) in [7, 11) is 0. The molecular formula is C12H19NS. The monoisotopic (exact) mass is 209 g/mol. The Morgan fingerprint density at radius 3 is 3.07 bits per heavy atom. The summed E-state index contributed by atoms with van der Waals surface area (Å²) in [5.74, 6) is 1.86. The third kappa shape index (κ3) is 2.58. The minimum Gasteiger partial charge on any atom is -0.312 e. The van der Waals surface area contributed by atoms with Crippen molar-refractivity contribution in [1.82, 2.24) is 5.32 Å². The van der Waals surface area contributed by atoms with Crippen LogP contribution >= 0.6 is 11.3 Å². The Balaban J connectivity index is 1.68. The van der Waals surface area contributed by atoms with Crippen molar-refractivity contribution in [2.45, 2.75) is 32.7 Å². The average Bonchev–Trinajstić information content (AvgIpc) is 2.78. The summed E-state index contributed by atoms with van der Waals surface area (Å²) in [4.78, 5) is 1.45. The lowest BCUT2D eigenvalue weighted by molar-refractivity contribution is 0.392. The molecule has 1 aromatic heterocycles. The van der Waals surface area contributed by atoms with E-state index in [9.17, 15) is 0 Å². The fourth-order valence-electron chi connectivity index (χ4n) is 2.32. The normalized spacial score (nSPS) is 26.9. The molecule has 1 saturated carbocycles. The van der Waals surface area contributed by atoms with Crippen LogP contribution in [-0.4, -0.2) is 6.54 Å². The molecule has 2 heteroatoms. The van der Waals surface area contributed by atoms with Crippen molar-refractivity contribution in [2.75, 3.05) is 6.54 Å². The maximum absolute atomic E-state index is 3.57. The molecule has 2 atom stereocenters. The zero-order chi connectivity index (χ0) is 9.80. The third-order valence-corrected chi connectivity index (χ3v) is 4.20. The molecule has 14 heavy (non-hydrogen) atoms. The van der Waals surface area contributed by atoms with Crippen LogP contribution in [0.15, 0.2) is 17.5 Å².